The van der Waals surface area contributed by atoms with Gasteiger partial charge in [0.1, 0.15) is 0 Å². The zero-order valence-electron chi connectivity index (χ0n) is 12.7. The van der Waals surface area contributed by atoms with Gasteiger partial charge in [-0.1, -0.05) is 66.7 Å². The highest BCUT2D eigenvalue weighted by Crippen LogP contribution is 2.25. The van der Waals surface area contributed by atoms with E-state index in [1.807, 2.05) is 18.5 Å². The molecule has 2 heteroatoms. The standard InChI is InChI=1S/C20H20N2/c1-16(19-13-8-14-21-15-19)22-20(17-9-4-2-5-10-17)18-11-6-3-7-12-18/h2-16,20,22H,1H3. The van der Waals surface area contributed by atoms with E-state index in [1.54, 1.807) is 0 Å². The summed E-state index contributed by atoms with van der Waals surface area (Å²) in [5.41, 5.74) is 3.73. The van der Waals surface area contributed by atoms with Crippen LogP contribution in [-0.2, 0) is 0 Å². The van der Waals surface area contributed by atoms with Gasteiger partial charge in [-0.15, -0.1) is 0 Å². The summed E-state index contributed by atoms with van der Waals surface area (Å²) in [6.07, 6.45) is 3.73. The van der Waals surface area contributed by atoms with E-state index in [0.717, 1.165) is 0 Å². The van der Waals surface area contributed by atoms with Crippen molar-refractivity contribution in [1.29, 1.82) is 0 Å². The van der Waals surface area contributed by atoms with Gasteiger partial charge in [-0.3, -0.25) is 10.3 Å². The highest BCUT2D eigenvalue weighted by atomic mass is 14.9. The van der Waals surface area contributed by atoms with Crippen LogP contribution in [0.3, 0.4) is 0 Å². The van der Waals surface area contributed by atoms with Crippen LogP contribution in [0.2, 0.25) is 0 Å². The molecule has 0 bridgehead atoms. The Morgan fingerprint density at radius 2 is 1.27 bits per heavy atom. The lowest BCUT2D eigenvalue weighted by Crippen LogP contribution is -2.25. The Hall–Kier alpha value is -2.45. The fourth-order valence-corrected chi connectivity index (χ4v) is 2.65. The molecule has 1 unspecified atom stereocenters. The number of aromatic nitrogens is 1. The predicted molar refractivity (Wildman–Crippen MR) is 90.5 cm³/mol. The quantitative estimate of drug-likeness (QED) is 0.746. The molecular formula is C20H20N2. The molecular weight excluding hydrogens is 268 g/mol. The maximum absolute atomic E-state index is 4.22. The summed E-state index contributed by atoms with van der Waals surface area (Å²) in [6.45, 7) is 2.18. The molecule has 0 amide bonds. The number of hydrogen-bond acceptors (Lipinski definition) is 2. The van der Waals surface area contributed by atoms with Crippen LogP contribution < -0.4 is 5.32 Å². The molecule has 0 spiro atoms. The van der Waals surface area contributed by atoms with Crippen molar-refractivity contribution in [3.8, 4) is 0 Å². The zero-order valence-corrected chi connectivity index (χ0v) is 12.7. The molecule has 1 atom stereocenters. The van der Waals surface area contributed by atoms with Crippen molar-refractivity contribution in [3.63, 3.8) is 0 Å². The Labute approximate surface area is 131 Å². The molecule has 0 radical (unpaired) electrons. The fraction of sp³-hybridized carbons (Fsp3) is 0.150. The largest absolute Gasteiger partial charge is 0.300 e. The first-order valence-electron chi connectivity index (χ1n) is 7.60. The van der Waals surface area contributed by atoms with Crippen molar-refractivity contribution in [3.05, 3.63) is 102 Å². The van der Waals surface area contributed by atoms with Crippen LogP contribution in [0.15, 0.2) is 85.2 Å². The molecule has 22 heavy (non-hydrogen) atoms. The van der Waals surface area contributed by atoms with Crippen molar-refractivity contribution < 1.29 is 0 Å². The van der Waals surface area contributed by atoms with Gasteiger partial charge in [0.15, 0.2) is 0 Å². The Bertz CT molecular complexity index is 641. The molecule has 0 aliphatic heterocycles. The normalized spacial score (nSPS) is 12.3. The van der Waals surface area contributed by atoms with Gasteiger partial charge >= 0.3 is 0 Å². The third-order valence-corrected chi connectivity index (χ3v) is 3.87. The predicted octanol–water partition coefficient (Wildman–Crippen LogP) is 4.52. The second kappa shape index (κ2) is 7.01. The van der Waals surface area contributed by atoms with Gasteiger partial charge in [0, 0.05) is 18.4 Å². The van der Waals surface area contributed by atoms with Crippen molar-refractivity contribution in [2.45, 2.75) is 19.0 Å². The van der Waals surface area contributed by atoms with Gasteiger partial charge in [0.05, 0.1) is 6.04 Å². The van der Waals surface area contributed by atoms with E-state index in [-0.39, 0.29) is 12.1 Å². The molecule has 0 saturated heterocycles. The van der Waals surface area contributed by atoms with Crippen LogP contribution in [0.4, 0.5) is 0 Å². The lowest BCUT2D eigenvalue weighted by atomic mass is 9.97. The summed E-state index contributed by atoms with van der Waals surface area (Å²) in [6, 6.07) is 25.6. The molecule has 0 saturated carbocycles. The number of nitrogens with one attached hydrogen (secondary N) is 1. The zero-order chi connectivity index (χ0) is 15.2. The van der Waals surface area contributed by atoms with Crippen molar-refractivity contribution >= 4 is 0 Å². The number of benzene rings is 2. The molecule has 110 valence electrons. The molecule has 1 aromatic heterocycles. The first-order valence-corrected chi connectivity index (χ1v) is 7.60. The molecule has 2 nitrogen and oxygen atoms in total. The average Bonchev–Trinajstić information content (AvgIpc) is 2.62. The van der Waals surface area contributed by atoms with Crippen LogP contribution in [0.5, 0.6) is 0 Å². The maximum Gasteiger partial charge on any atom is 0.0581 e. The Kier molecular flexibility index (Phi) is 4.62. The maximum atomic E-state index is 4.22. The van der Waals surface area contributed by atoms with E-state index < -0.39 is 0 Å². The summed E-state index contributed by atoms with van der Waals surface area (Å²) >= 11 is 0. The lowest BCUT2D eigenvalue weighted by molar-refractivity contribution is 0.515. The first kappa shape index (κ1) is 14.5. The van der Waals surface area contributed by atoms with Crippen LogP contribution in [0.25, 0.3) is 0 Å². The van der Waals surface area contributed by atoms with E-state index in [4.69, 9.17) is 0 Å². The highest BCUT2D eigenvalue weighted by molar-refractivity contribution is 5.32. The van der Waals surface area contributed by atoms with Gasteiger partial charge in [-0.2, -0.15) is 0 Å². The monoisotopic (exact) mass is 288 g/mol. The summed E-state index contributed by atoms with van der Waals surface area (Å²) < 4.78 is 0. The van der Waals surface area contributed by atoms with E-state index in [1.165, 1.54) is 16.7 Å². The smallest absolute Gasteiger partial charge is 0.0581 e. The Balaban J connectivity index is 1.90. The van der Waals surface area contributed by atoms with Gasteiger partial charge in [-0.05, 0) is 29.7 Å². The summed E-state index contributed by atoms with van der Waals surface area (Å²) in [5, 5.41) is 3.73. The highest BCUT2D eigenvalue weighted by Gasteiger charge is 2.17. The number of pyridine rings is 1. The third kappa shape index (κ3) is 3.41. The first-order chi connectivity index (χ1) is 10.8. The van der Waals surface area contributed by atoms with Crippen LogP contribution in [0, 0.1) is 0 Å². The molecule has 3 rings (SSSR count). The number of hydrogen-bond donors (Lipinski definition) is 1. The molecule has 0 aliphatic carbocycles. The third-order valence-electron chi connectivity index (χ3n) is 3.87. The number of nitrogens with zero attached hydrogens (tertiary/aromatic N) is 1. The Morgan fingerprint density at radius 3 is 1.77 bits per heavy atom. The van der Waals surface area contributed by atoms with Crippen molar-refractivity contribution in [2.75, 3.05) is 0 Å². The van der Waals surface area contributed by atoms with E-state index in [0.29, 0.717) is 0 Å². The molecule has 1 N–H and O–H groups in total. The van der Waals surface area contributed by atoms with E-state index >= 15 is 0 Å². The minimum atomic E-state index is 0.164. The van der Waals surface area contributed by atoms with Crippen LogP contribution in [-0.4, -0.2) is 4.98 Å². The molecule has 0 fully saturated rings. The summed E-state index contributed by atoms with van der Waals surface area (Å²) in [4.78, 5) is 4.22. The Morgan fingerprint density at radius 1 is 0.727 bits per heavy atom. The fourth-order valence-electron chi connectivity index (χ4n) is 2.65. The SMILES string of the molecule is CC(NC(c1ccccc1)c1ccccc1)c1cccnc1. The van der Waals surface area contributed by atoms with Gasteiger partial charge in [0.2, 0.25) is 0 Å². The summed E-state index contributed by atoms with van der Waals surface area (Å²) in [5.74, 6) is 0. The number of rotatable bonds is 5. The molecule has 0 aliphatic rings. The van der Waals surface area contributed by atoms with Gasteiger partial charge in [0.25, 0.3) is 0 Å². The molecule has 1 heterocycles. The second-order valence-electron chi connectivity index (χ2n) is 5.43. The topological polar surface area (TPSA) is 24.9 Å². The van der Waals surface area contributed by atoms with E-state index in [9.17, 15) is 0 Å². The average molecular weight is 288 g/mol. The van der Waals surface area contributed by atoms with Crippen molar-refractivity contribution in [1.82, 2.24) is 10.3 Å². The van der Waals surface area contributed by atoms with Crippen LogP contribution >= 0.6 is 0 Å². The molecule has 3 aromatic rings. The van der Waals surface area contributed by atoms with Gasteiger partial charge in [-0.25, -0.2) is 0 Å². The summed E-state index contributed by atoms with van der Waals surface area (Å²) in [7, 11) is 0. The second-order valence-corrected chi connectivity index (χ2v) is 5.43. The van der Waals surface area contributed by atoms with Gasteiger partial charge < -0.3 is 0 Å². The van der Waals surface area contributed by atoms with E-state index in [2.05, 4.69) is 84.0 Å². The minimum Gasteiger partial charge on any atom is -0.300 e. The van der Waals surface area contributed by atoms with Crippen molar-refractivity contribution in [2.24, 2.45) is 0 Å². The molecule has 2 aromatic carbocycles. The lowest BCUT2D eigenvalue weighted by Gasteiger charge is -2.24. The minimum absolute atomic E-state index is 0.164. The van der Waals surface area contributed by atoms with Crippen LogP contribution in [0.1, 0.15) is 35.7 Å².